The van der Waals surface area contributed by atoms with Crippen LogP contribution in [0.15, 0.2) is 29.2 Å². The molecule has 0 unspecified atom stereocenters. The van der Waals surface area contributed by atoms with Crippen molar-refractivity contribution in [2.45, 2.75) is 38.3 Å². The SMILES string of the molecule is O=C(Cc1ccsc1)Nc1cnn(C[C@H]2CCCCO2)c1. The third-order valence-corrected chi connectivity index (χ3v) is 4.26. The molecule has 2 aromatic rings. The molecule has 2 aromatic heterocycles. The summed E-state index contributed by atoms with van der Waals surface area (Å²) in [6, 6.07) is 1.97. The van der Waals surface area contributed by atoms with Gasteiger partial charge in [0.15, 0.2) is 0 Å². The number of ether oxygens (including phenoxy) is 1. The zero-order valence-electron chi connectivity index (χ0n) is 11.8. The second-order valence-electron chi connectivity index (χ2n) is 5.30. The van der Waals surface area contributed by atoms with Gasteiger partial charge in [-0.3, -0.25) is 9.48 Å². The number of aromatic nitrogens is 2. The van der Waals surface area contributed by atoms with E-state index in [4.69, 9.17) is 4.74 Å². The topological polar surface area (TPSA) is 56.2 Å². The monoisotopic (exact) mass is 305 g/mol. The molecular weight excluding hydrogens is 286 g/mol. The Kier molecular flexibility index (Phi) is 4.67. The van der Waals surface area contributed by atoms with Crippen molar-refractivity contribution >= 4 is 22.9 Å². The number of nitrogens with zero attached hydrogens (tertiary/aromatic N) is 2. The number of anilines is 1. The van der Waals surface area contributed by atoms with Gasteiger partial charge in [0.05, 0.1) is 31.0 Å². The number of hydrogen-bond acceptors (Lipinski definition) is 4. The van der Waals surface area contributed by atoms with Gasteiger partial charge in [-0.1, -0.05) is 0 Å². The van der Waals surface area contributed by atoms with E-state index >= 15 is 0 Å². The van der Waals surface area contributed by atoms with Gasteiger partial charge in [-0.25, -0.2) is 0 Å². The van der Waals surface area contributed by atoms with Gasteiger partial charge in [0.1, 0.15) is 0 Å². The molecule has 21 heavy (non-hydrogen) atoms. The highest BCUT2D eigenvalue weighted by Gasteiger charge is 2.15. The highest BCUT2D eigenvalue weighted by Crippen LogP contribution is 2.15. The van der Waals surface area contributed by atoms with Crippen molar-refractivity contribution in [2.24, 2.45) is 0 Å². The first-order valence-electron chi connectivity index (χ1n) is 7.24. The Labute approximate surface area is 127 Å². The average molecular weight is 305 g/mol. The van der Waals surface area contributed by atoms with Gasteiger partial charge >= 0.3 is 0 Å². The number of amides is 1. The van der Waals surface area contributed by atoms with Crippen LogP contribution in [-0.4, -0.2) is 28.4 Å². The lowest BCUT2D eigenvalue weighted by Gasteiger charge is -2.22. The van der Waals surface area contributed by atoms with E-state index in [1.807, 2.05) is 27.7 Å². The van der Waals surface area contributed by atoms with E-state index in [1.165, 1.54) is 6.42 Å². The standard InChI is InChI=1S/C15H19N3O2S/c19-15(7-12-4-6-21-11-12)17-13-8-16-18(9-13)10-14-3-1-2-5-20-14/h4,6,8-9,11,14H,1-3,5,7,10H2,(H,17,19)/t14-/m1/s1. The van der Waals surface area contributed by atoms with E-state index in [-0.39, 0.29) is 12.0 Å². The van der Waals surface area contributed by atoms with Crippen LogP contribution in [0.3, 0.4) is 0 Å². The molecule has 1 atom stereocenters. The molecule has 0 aromatic carbocycles. The number of carbonyl (C=O) groups excluding carboxylic acids is 1. The van der Waals surface area contributed by atoms with Crippen molar-refractivity contribution in [2.75, 3.05) is 11.9 Å². The number of rotatable bonds is 5. The highest BCUT2D eigenvalue weighted by molar-refractivity contribution is 7.08. The van der Waals surface area contributed by atoms with Gasteiger partial charge in [-0.15, -0.1) is 0 Å². The third kappa shape index (κ3) is 4.15. The second kappa shape index (κ2) is 6.87. The molecule has 0 bridgehead atoms. The van der Waals surface area contributed by atoms with Crippen LogP contribution in [0.2, 0.25) is 0 Å². The summed E-state index contributed by atoms with van der Waals surface area (Å²) in [7, 11) is 0. The zero-order chi connectivity index (χ0) is 14.5. The van der Waals surface area contributed by atoms with Crippen LogP contribution in [0.25, 0.3) is 0 Å². The third-order valence-electron chi connectivity index (χ3n) is 3.53. The van der Waals surface area contributed by atoms with Crippen LogP contribution >= 0.6 is 11.3 Å². The zero-order valence-corrected chi connectivity index (χ0v) is 12.6. The first-order chi connectivity index (χ1) is 10.3. The van der Waals surface area contributed by atoms with Crippen LogP contribution in [0.5, 0.6) is 0 Å². The van der Waals surface area contributed by atoms with Crippen molar-refractivity contribution < 1.29 is 9.53 Å². The number of hydrogen-bond donors (Lipinski definition) is 1. The minimum Gasteiger partial charge on any atom is -0.376 e. The molecule has 3 heterocycles. The Morgan fingerprint density at radius 3 is 3.24 bits per heavy atom. The van der Waals surface area contributed by atoms with Gasteiger partial charge < -0.3 is 10.1 Å². The lowest BCUT2D eigenvalue weighted by atomic mass is 10.1. The molecule has 5 nitrogen and oxygen atoms in total. The lowest BCUT2D eigenvalue weighted by Crippen LogP contribution is -2.24. The van der Waals surface area contributed by atoms with Gasteiger partial charge in [-0.2, -0.15) is 16.4 Å². The predicted octanol–water partition coefficient (Wildman–Crippen LogP) is 2.69. The Bertz CT molecular complexity index is 574. The summed E-state index contributed by atoms with van der Waals surface area (Å²) >= 11 is 1.60. The number of thiophene rings is 1. The highest BCUT2D eigenvalue weighted by atomic mass is 32.1. The van der Waals surface area contributed by atoms with Crippen molar-refractivity contribution in [3.8, 4) is 0 Å². The first-order valence-corrected chi connectivity index (χ1v) is 8.19. The van der Waals surface area contributed by atoms with E-state index in [0.29, 0.717) is 6.42 Å². The molecule has 0 spiro atoms. The lowest BCUT2D eigenvalue weighted by molar-refractivity contribution is -0.115. The predicted molar refractivity (Wildman–Crippen MR) is 82.5 cm³/mol. The number of carbonyl (C=O) groups is 1. The van der Waals surface area contributed by atoms with E-state index in [9.17, 15) is 4.79 Å². The van der Waals surface area contributed by atoms with E-state index < -0.39 is 0 Å². The molecule has 1 aliphatic rings. The summed E-state index contributed by atoms with van der Waals surface area (Å²) in [5.41, 5.74) is 1.78. The van der Waals surface area contributed by atoms with Crippen molar-refractivity contribution in [3.05, 3.63) is 34.8 Å². The van der Waals surface area contributed by atoms with Crippen molar-refractivity contribution in [1.29, 1.82) is 0 Å². The molecule has 0 aliphatic carbocycles. The summed E-state index contributed by atoms with van der Waals surface area (Å²) in [5, 5.41) is 11.1. The first kappa shape index (κ1) is 14.3. The molecule has 112 valence electrons. The molecule has 1 amide bonds. The summed E-state index contributed by atoms with van der Waals surface area (Å²) in [6.45, 7) is 1.59. The quantitative estimate of drug-likeness (QED) is 0.924. The maximum absolute atomic E-state index is 11.9. The van der Waals surface area contributed by atoms with E-state index in [2.05, 4.69) is 10.4 Å². The maximum Gasteiger partial charge on any atom is 0.228 e. The molecule has 1 saturated heterocycles. The van der Waals surface area contributed by atoms with E-state index in [0.717, 1.165) is 37.2 Å². The van der Waals surface area contributed by atoms with E-state index in [1.54, 1.807) is 17.5 Å². The minimum absolute atomic E-state index is 0.0122. The van der Waals surface area contributed by atoms with Crippen molar-refractivity contribution in [3.63, 3.8) is 0 Å². The van der Waals surface area contributed by atoms with Gasteiger partial charge in [0, 0.05) is 12.8 Å². The second-order valence-corrected chi connectivity index (χ2v) is 6.08. The molecule has 1 fully saturated rings. The molecule has 3 rings (SSSR count). The van der Waals surface area contributed by atoms with Crippen LogP contribution < -0.4 is 5.32 Å². The molecule has 0 saturated carbocycles. The summed E-state index contributed by atoms with van der Waals surface area (Å²) in [5.74, 6) is -0.0122. The fraction of sp³-hybridized carbons (Fsp3) is 0.467. The average Bonchev–Trinajstić information content (AvgIpc) is 3.12. The number of nitrogens with one attached hydrogen (secondary N) is 1. The Morgan fingerprint density at radius 1 is 1.52 bits per heavy atom. The van der Waals surface area contributed by atoms with Gasteiger partial charge in [-0.05, 0) is 41.7 Å². The smallest absolute Gasteiger partial charge is 0.228 e. The summed E-state index contributed by atoms with van der Waals surface area (Å²) in [6.07, 6.45) is 7.65. The molecule has 1 aliphatic heterocycles. The molecular formula is C15H19N3O2S. The van der Waals surface area contributed by atoms with Crippen LogP contribution in [0.4, 0.5) is 5.69 Å². The Morgan fingerprint density at radius 2 is 2.48 bits per heavy atom. The minimum atomic E-state index is -0.0122. The Hall–Kier alpha value is -1.66. The van der Waals surface area contributed by atoms with Crippen LogP contribution in [0.1, 0.15) is 24.8 Å². The molecule has 1 N–H and O–H groups in total. The normalized spacial score (nSPS) is 18.6. The van der Waals surface area contributed by atoms with Crippen LogP contribution in [0, 0.1) is 0 Å². The fourth-order valence-corrected chi connectivity index (χ4v) is 3.14. The van der Waals surface area contributed by atoms with Crippen molar-refractivity contribution in [1.82, 2.24) is 9.78 Å². The van der Waals surface area contributed by atoms with Gasteiger partial charge in [0.2, 0.25) is 5.91 Å². The Balaban J connectivity index is 1.51. The van der Waals surface area contributed by atoms with Gasteiger partial charge in [0.25, 0.3) is 0 Å². The fourth-order valence-electron chi connectivity index (χ4n) is 2.47. The summed E-state index contributed by atoms with van der Waals surface area (Å²) < 4.78 is 7.54. The largest absolute Gasteiger partial charge is 0.376 e. The molecule has 0 radical (unpaired) electrons. The summed E-state index contributed by atoms with van der Waals surface area (Å²) in [4.78, 5) is 11.9. The van der Waals surface area contributed by atoms with Crippen LogP contribution in [-0.2, 0) is 22.5 Å². The molecule has 6 heteroatoms. The maximum atomic E-state index is 11.9.